The number of imide groups is 1. The van der Waals surface area contributed by atoms with Crippen molar-refractivity contribution >= 4 is 62.5 Å². The Bertz CT molecular complexity index is 2430. The van der Waals surface area contributed by atoms with Gasteiger partial charge in [-0.3, -0.25) is 24.5 Å². The van der Waals surface area contributed by atoms with Crippen molar-refractivity contribution in [2.45, 2.75) is 102 Å². The number of carboxylic acids is 1. The first kappa shape index (κ1) is 46.5. The van der Waals surface area contributed by atoms with Gasteiger partial charge in [0, 0.05) is 48.9 Å². The molecule has 1 unspecified atom stereocenters. The standard InChI is InChI=1S/C24H26F3N3O2S.C22H28N4O5/c1-13-7-9-14(10-8-13)22-30-18-11-15(23(2,3)32)17(12-19(18)33-22)29-21(31)16-5-4-6-20(28-16)24(25,26)27;1-26-11-22(12-26)9-13(10-22)7-8-23-15-4-2-3-14(21(30)31)18(15)20(29)24-16-5-6-17(27)25-19(16)28/h4-6,11-14,32H,7-10H2,1-3H3,(H,29,31);2-4,13,16,23H,5-12H2,1H3,(H,24,29)(H,30,31)(H,25,27,28). The number of nitrogens with zero attached hydrogens (tertiary/aromatic N) is 3. The average molecular weight is 906 g/mol. The molecular formula is C46H54F3N7O7S. The van der Waals surface area contributed by atoms with Gasteiger partial charge in [-0.25, -0.2) is 14.8 Å². The summed E-state index contributed by atoms with van der Waals surface area (Å²) in [7, 11) is 2.14. The molecule has 2 saturated carbocycles. The summed E-state index contributed by atoms with van der Waals surface area (Å²) in [5.41, 5.74) is -0.479. The van der Waals surface area contributed by atoms with Crippen molar-refractivity contribution < 1.29 is 47.4 Å². The van der Waals surface area contributed by atoms with Crippen LogP contribution in [0.15, 0.2) is 48.5 Å². The third-order valence-corrected chi connectivity index (χ3v) is 13.9. The third kappa shape index (κ3) is 10.7. The zero-order chi connectivity index (χ0) is 46.1. The summed E-state index contributed by atoms with van der Waals surface area (Å²) >= 11 is 1.56. The maximum atomic E-state index is 13.0. The summed E-state index contributed by atoms with van der Waals surface area (Å²) < 4.78 is 39.8. The summed E-state index contributed by atoms with van der Waals surface area (Å²) in [6.07, 6.45) is 3.57. The second-order valence-electron chi connectivity index (χ2n) is 18.5. The number of pyridine rings is 1. The van der Waals surface area contributed by atoms with Crippen molar-refractivity contribution in [3.63, 3.8) is 0 Å². The van der Waals surface area contributed by atoms with Crippen molar-refractivity contribution in [2.75, 3.05) is 37.3 Å². The van der Waals surface area contributed by atoms with E-state index in [0.717, 1.165) is 52.5 Å². The lowest BCUT2D eigenvalue weighted by molar-refractivity contribution is -0.141. The van der Waals surface area contributed by atoms with E-state index in [0.29, 0.717) is 40.7 Å². The van der Waals surface area contributed by atoms with Gasteiger partial charge in [-0.15, -0.1) is 11.3 Å². The molecule has 0 radical (unpaired) electrons. The lowest BCUT2D eigenvalue weighted by Gasteiger charge is -2.58. The van der Waals surface area contributed by atoms with Gasteiger partial charge in [-0.2, -0.15) is 13.2 Å². The number of carbonyl (C=O) groups is 5. The molecular weight excluding hydrogens is 852 g/mol. The van der Waals surface area contributed by atoms with Crippen LogP contribution in [0, 0.1) is 17.3 Å². The molecule has 1 atom stereocenters. The molecule has 8 rings (SSSR count). The molecule has 4 aromatic rings. The van der Waals surface area contributed by atoms with E-state index in [4.69, 9.17) is 4.98 Å². The molecule has 4 fully saturated rings. The van der Waals surface area contributed by atoms with Crippen LogP contribution >= 0.6 is 11.3 Å². The molecule has 6 N–H and O–H groups in total. The highest BCUT2D eigenvalue weighted by molar-refractivity contribution is 7.18. The molecule has 342 valence electrons. The fourth-order valence-electron chi connectivity index (χ4n) is 9.51. The molecule has 2 saturated heterocycles. The predicted octanol–water partition coefficient (Wildman–Crippen LogP) is 7.55. The quantitative estimate of drug-likeness (QED) is 0.0812. The van der Waals surface area contributed by atoms with E-state index in [9.17, 15) is 47.4 Å². The summed E-state index contributed by atoms with van der Waals surface area (Å²) in [4.78, 5) is 71.3. The number of hydrogen-bond acceptors (Lipinski definition) is 11. The number of thiazole rings is 1. The van der Waals surface area contributed by atoms with Crippen LogP contribution in [0.5, 0.6) is 0 Å². The molecule has 4 heterocycles. The highest BCUT2D eigenvalue weighted by Crippen LogP contribution is 2.52. The molecule has 18 heteroatoms. The fraction of sp³-hybridized carbons (Fsp3) is 0.500. The summed E-state index contributed by atoms with van der Waals surface area (Å²) in [6.45, 7) is 8.41. The molecule has 4 amide bonds. The molecule has 14 nitrogen and oxygen atoms in total. The first-order chi connectivity index (χ1) is 30.2. The van der Waals surface area contributed by atoms with Crippen LogP contribution in [0.1, 0.15) is 132 Å². The number of alkyl halides is 3. The number of aromatic nitrogens is 2. The Morgan fingerprint density at radius 3 is 2.30 bits per heavy atom. The summed E-state index contributed by atoms with van der Waals surface area (Å²) in [5.74, 6) is -1.83. The first-order valence-electron chi connectivity index (χ1n) is 21.6. The molecule has 2 aliphatic carbocycles. The van der Waals surface area contributed by atoms with E-state index in [1.807, 2.05) is 0 Å². The van der Waals surface area contributed by atoms with Crippen LogP contribution in [0.3, 0.4) is 0 Å². The molecule has 2 aromatic carbocycles. The topological polar surface area (TPSA) is 203 Å². The average Bonchev–Trinajstić information content (AvgIpc) is 3.63. The van der Waals surface area contributed by atoms with E-state index >= 15 is 0 Å². The third-order valence-electron chi connectivity index (χ3n) is 12.7. The lowest BCUT2D eigenvalue weighted by Crippen LogP contribution is -2.60. The summed E-state index contributed by atoms with van der Waals surface area (Å²) in [6, 6.07) is 10.4. The van der Waals surface area contributed by atoms with E-state index in [1.165, 1.54) is 50.9 Å². The van der Waals surface area contributed by atoms with Gasteiger partial charge in [0.1, 0.15) is 17.4 Å². The maximum Gasteiger partial charge on any atom is 0.433 e. The van der Waals surface area contributed by atoms with Crippen LogP contribution < -0.4 is 21.3 Å². The van der Waals surface area contributed by atoms with Gasteiger partial charge >= 0.3 is 12.1 Å². The van der Waals surface area contributed by atoms with Gasteiger partial charge in [0.15, 0.2) is 0 Å². The number of nitrogens with one attached hydrogen (secondary N) is 4. The van der Waals surface area contributed by atoms with E-state index in [2.05, 4.69) is 45.1 Å². The van der Waals surface area contributed by atoms with Gasteiger partial charge in [0.25, 0.3) is 11.8 Å². The van der Waals surface area contributed by atoms with Crippen molar-refractivity contribution in [1.29, 1.82) is 0 Å². The molecule has 0 bridgehead atoms. The largest absolute Gasteiger partial charge is 0.478 e. The molecule has 4 aliphatic rings. The minimum atomic E-state index is -4.65. The monoisotopic (exact) mass is 905 g/mol. The van der Waals surface area contributed by atoms with Gasteiger partial charge in [0.05, 0.1) is 32.0 Å². The van der Waals surface area contributed by atoms with Crippen LogP contribution in [-0.4, -0.2) is 87.4 Å². The van der Waals surface area contributed by atoms with Crippen LogP contribution in [0.25, 0.3) is 10.2 Å². The number of carbonyl (C=O) groups excluding carboxylic acids is 4. The van der Waals surface area contributed by atoms with Gasteiger partial charge in [0.2, 0.25) is 11.8 Å². The SMILES string of the molecule is CC1CCC(c2nc3cc(C(C)(C)O)c(NC(=O)c4cccc(C(F)(F)F)n4)cc3s2)CC1.CN1CC2(CC(CCNc3cccc(C(=O)O)c3C(=O)NC3CCC(=O)NC3=O)C2)C1. The number of fused-ring (bicyclic) bond motifs is 1. The van der Waals surface area contributed by atoms with Gasteiger partial charge < -0.3 is 31.1 Å². The Morgan fingerprint density at radius 2 is 1.66 bits per heavy atom. The zero-order valence-electron chi connectivity index (χ0n) is 36.2. The number of anilines is 2. The Morgan fingerprint density at radius 1 is 0.953 bits per heavy atom. The van der Waals surface area contributed by atoms with E-state index in [-0.39, 0.29) is 35.6 Å². The lowest BCUT2D eigenvalue weighted by atomic mass is 9.57. The summed E-state index contributed by atoms with van der Waals surface area (Å²) in [5, 5.41) is 32.0. The van der Waals surface area contributed by atoms with Gasteiger partial charge in [-0.05, 0) is 113 Å². The molecule has 64 heavy (non-hydrogen) atoms. The smallest absolute Gasteiger partial charge is 0.433 e. The number of likely N-dealkylation sites (tertiary alicyclic amines) is 1. The second kappa shape index (κ2) is 18.6. The Labute approximate surface area is 372 Å². The Kier molecular flexibility index (Phi) is 13.5. The van der Waals surface area contributed by atoms with Gasteiger partial charge in [-0.1, -0.05) is 31.9 Å². The van der Waals surface area contributed by atoms with Crippen LogP contribution in [0.2, 0.25) is 0 Å². The van der Waals surface area contributed by atoms with Crippen molar-refractivity contribution in [2.24, 2.45) is 17.3 Å². The Hall–Kier alpha value is -5.46. The number of amides is 4. The Balaban J connectivity index is 0.000000192. The number of hydrogen-bond donors (Lipinski definition) is 6. The minimum Gasteiger partial charge on any atom is -0.478 e. The van der Waals surface area contributed by atoms with Crippen LogP contribution in [-0.2, 0) is 21.4 Å². The van der Waals surface area contributed by atoms with E-state index in [1.54, 1.807) is 49.4 Å². The predicted molar refractivity (Wildman–Crippen MR) is 235 cm³/mol. The van der Waals surface area contributed by atoms with Crippen molar-refractivity contribution in [3.05, 3.63) is 81.6 Å². The minimum absolute atomic E-state index is 0.00500. The number of benzene rings is 2. The first-order valence-corrected chi connectivity index (χ1v) is 22.5. The molecule has 2 aliphatic heterocycles. The number of rotatable bonds is 11. The van der Waals surface area contributed by atoms with E-state index < -0.39 is 47.2 Å². The molecule has 1 spiro atoms. The zero-order valence-corrected chi connectivity index (χ0v) is 37.0. The normalized spacial score (nSPS) is 21.2. The number of carboxylic acid groups (broad SMARTS) is 1. The number of aliphatic hydroxyl groups is 1. The molecule has 2 aromatic heterocycles. The second-order valence-corrected chi connectivity index (χ2v) is 19.5. The number of aromatic carboxylic acids is 1. The number of piperidine rings is 1. The fourth-order valence-corrected chi connectivity index (χ4v) is 10.7. The number of halogens is 3. The highest BCUT2D eigenvalue weighted by atomic mass is 32.1. The highest BCUT2D eigenvalue weighted by Gasteiger charge is 2.50. The van der Waals surface area contributed by atoms with Crippen molar-refractivity contribution in [1.82, 2.24) is 25.5 Å². The maximum absolute atomic E-state index is 13.0. The van der Waals surface area contributed by atoms with Crippen molar-refractivity contribution in [3.8, 4) is 0 Å². The van der Waals surface area contributed by atoms with Crippen LogP contribution in [0.4, 0.5) is 24.5 Å².